The average Bonchev–Trinajstić information content (AvgIpc) is 2.62. The fourth-order valence-electron chi connectivity index (χ4n) is 1.81. The van der Waals surface area contributed by atoms with E-state index in [2.05, 4.69) is 4.98 Å². The SMILES string of the molecule is O=c1[nH]c2c(s1)Cc1ccc(Cl)cc1-2. The molecule has 3 rings (SSSR count). The molecule has 0 spiro atoms. The number of halogens is 1. The third-order valence-corrected chi connectivity index (χ3v) is 3.53. The lowest BCUT2D eigenvalue weighted by molar-refractivity contribution is 1.30. The number of benzene rings is 1. The Morgan fingerprint density at radius 1 is 1.43 bits per heavy atom. The smallest absolute Gasteiger partial charge is 0.305 e. The van der Waals surface area contributed by atoms with Crippen LogP contribution in [-0.2, 0) is 6.42 Å². The van der Waals surface area contributed by atoms with Gasteiger partial charge in [0.05, 0.1) is 5.69 Å². The summed E-state index contributed by atoms with van der Waals surface area (Å²) in [6.45, 7) is 0. The van der Waals surface area contributed by atoms with Gasteiger partial charge in [-0.15, -0.1) is 0 Å². The summed E-state index contributed by atoms with van der Waals surface area (Å²) in [4.78, 5) is 15.1. The van der Waals surface area contributed by atoms with Gasteiger partial charge in [0.15, 0.2) is 0 Å². The molecule has 2 aromatic rings. The summed E-state index contributed by atoms with van der Waals surface area (Å²) in [5, 5.41) is 0.712. The largest absolute Gasteiger partial charge is 0.312 e. The van der Waals surface area contributed by atoms with Crippen LogP contribution in [0.5, 0.6) is 0 Å². The minimum absolute atomic E-state index is 0.0145. The Balaban J connectivity index is 2.33. The highest BCUT2D eigenvalue weighted by Crippen LogP contribution is 2.37. The molecule has 0 bridgehead atoms. The van der Waals surface area contributed by atoms with Crippen LogP contribution in [0.3, 0.4) is 0 Å². The van der Waals surface area contributed by atoms with Crippen molar-refractivity contribution in [1.82, 2.24) is 4.98 Å². The van der Waals surface area contributed by atoms with Gasteiger partial charge in [-0.1, -0.05) is 29.0 Å². The molecule has 0 unspecified atom stereocenters. The molecular formula is C10H6ClNOS. The molecule has 70 valence electrons. The molecule has 1 N–H and O–H groups in total. The van der Waals surface area contributed by atoms with E-state index in [-0.39, 0.29) is 4.87 Å². The van der Waals surface area contributed by atoms with Gasteiger partial charge in [0, 0.05) is 21.9 Å². The molecule has 0 fully saturated rings. The fourth-order valence-corrected chi connectivity index (χ4v) is 2.85. The maximum atomic E-state index is 11.1. The first-order chi connectivity index (χ1) is 6.74. The number of nitrogens with one attached hydrogen (secondary N) is 1. The minimum atomic E-state index is 0.0145. The molecular weight excluding hydrogens is 218 g/mol. The van der Waals surface area contributed by atoms with E-state index in [4.69, 9.17) is 11.6 Å². The zero-order valence-electron chi connectivity index (χ0n) is 7.13. The van der Waals surface area contributed by atoms with E-state index in [0.29, 0.717) is 5.02 Å². The van der Waals surface area contributed by atoms with Gasteiger partial charge in [-0.3, -0.25) is 4.79 Å². The quantitative estimate of drug-likeness (QED) is 0.625. The fraction of sp³-hybridized carbons (Fsp3) is 0.100. The van der Waals surface area contributed by atoms with Gasteiger partial charge >= 0.3 is 4.87 Å². The van der Waals surface area contributed by atoms with E-state index in [1.54, 1.807) is 0 Å². The highest BCUT2D eigenvalue weighted by Gasteiger charge is 2.21. The second-order valence-corrected chi connectivity index (χ2v) is 4.80. The monoisotopic (exact) mass is 223 g/mol. The number of aromatic amines is 1. The lowest BCUT2D eigenvalue weighted by atomic mass is 10.1. The summed E-state index contributed by atoms with van der Waals surface area (Å²) in [5.74, 6) is 0. The maximum absolute atomic E-state index is 11.1. The topological polar surface area (TPSA) is 32.9 Å². The highest BCUT2D eigenvalue weighted by molar-refractivity contribution is 7.09. The predicted molar refractivity (Wildman–Crippen MR) is 58.2 cm³/mol. The van der Waals surface area contributed by atoms with Crippen molar-refractivity contribution < 1.29 is 0 Å². The molecule has 0 aliphatic heterocycles. The number of thiazole rings is 1. The van der Waals surface area contributed by atoms with E-state index < -0.39 is 0 Å². The molecule has 14 heavy (non-hydrogen) atoms. The zero-order chi connectivity index (χ0) is 9.71. The van der Waals surface area contributed by atoms with E-state index in [1.165, 1.54) is 16.9 Å². The lowest BCUT2D eigenvalue weighted by Gasteiger charge is -1.98. The van der Waals surface area contributed by atoms with Crippen molar-refractivity contribution in [3.63, 3.8) is 0 Å². The molecule has 2 nitrogen and oxygen atoms in total. The molecule has 1 aliphatic carbocycles. The molecule has 0 saturated heterocycles. The van der Waals surface area contributed by atoms with Crippen molar-refractivity contribution in [2.75, 3.05) is 0 Å². The molecule has 0 radical (unpaired) electrons. The number of fused-ring (bicyclic) bond motifs is 3. The van der Waals surface area contributed by atoms with Gasteiger partial charge in [0.1, 0.15) is 0 Å². The van der Waals surface area contributed by atoms with Gasteiger partial charge in [0.2, 0.25) is 0 Å². The second-order valence-electron chi connectivity index (χ2n) is 3.29. The first-order valence-corrected chi connectivity index (χ1v) is 5.44. The predicted octanol–water partition coefficient (Wildman–Crippen LogP) is 2.66. The number of hydrogen-bond donors (Lipinski definition) is 1. The average molecular weight is 224 g/mol. The van der Waals surface area contributed by atoms with Crippen LogP contribution in [0.1, 0.15) is 10.4 Å². The van der Waals surface area contributed by atoms with Gasteiger partial charge in [-0.2, -0.15) is 0 Å². The van der Waals surface area contributed by atoms with Gasteiger partial charge < -0.3 is 4.98 Å². The van der Waals surface area contributed by atoms with Crippen molar-refractivity contribution in [1.29, 1.82) is 0 Å². The van der Waals surface area contributed by atoms with E-state index in [0.717, 1.165) is 22.6 Å². The maximum Gasteiger partial charge on any atom is 0.305 e. The van der Waals surface area contributed by atoms with Gasteiger partial charge in [-0.05, 0) is 17.7 Å². The Morgan fingerprint density at radius 3 is 3.14 bits per heavy atom. The number of hydrogen-bond acceptors (Lipinski definition) is 2. The zero-order valence-corrected chi connectivity index (χ0v) is 8.71. The van der Waals surface area contributed by atoms with Crippen LogP contribution in [0.15, 0.2) is 23.0 Å². The number of aromatic nitrogens is 1. The Hall–Kier alpha value is -1.06. The van der Waals surface area contributed by atoms with E-state index in [9.17, 15) is 4.79 Å². The van der Waals surface area contributed by atoms with Crippen LogP contribution in [0.4, 0.5) is 0 Å². The molecule has 1 heterocycles. The molecule has 1 aromatic carbocycles. The second kappa shape index (κ2) is 2.72. The Morgan fingerprint density at radius 2 is 2.29 bits per heavy atom. The summed E-state index contributed by atoms with van der Waals surface area (Å²) in [7, 11) is 0. The Labute approximate surface area is 89.2 Å². The Bertz CT molecular complexity index is 570. The van der Waals surface area contributed by atoms with Gasteiger partial charge in [0.25, 0.3) is 0 Å². The van der Waals surface area contributed by atoms with Crippen LogP contribution in [0, 0.1) is 0 Å². The normalized spacial score (nSPS) is 12.6. The molecule has 0 amide bonds. The summed E-state index contributed by atoms with van der Waals surface area (Å²) in [6, 6.07) is 5.81. The first kappa shape index (κ1) is 8.26. The highest BCUT2D eigenvalue weighted by atomic mass is 35.5. The summed E-state index contributed by atoms with van der Waals surface area (Å²) >= 11 is 7.19. The minimum Gasteiger partial charge on any atom is -0.312 e. The van der Waals surface area contributed by atoms with Crippen LogP contribution in [0.2, 0.25) is 5.02 Å². The third kappa shape index (κ3) is 1.06. The standard InChI is InChI=1S/C10H6ClNOS/c11-6-2-1-5-3-8-9(7(5)4-6)12-10(13)14-8/h1-2,4H,3H2,(H,12,13). The molecule has 1 aromatic heterocycles. The van der Waals surface area contributed by atoms with Crippen molar-refractivity contribution in [2.24, 2.45) is 0 Å². The van der Waals surface area contributed by atoms with Crippen molar-refractivity contribution >= 4 is 22.9 Å². The first-order valence-electron chi connectivity index (χ1n) is 4.25. The van der Waals surface area contributed by atoms with Crippen molar-refractivity contribution in [3.8, 4) is 11.3 Å². The van der Waals surface area contributed by atoms with Crippen LogP contribution in [-0.4, -0.2) is 4.98 Å². The number of H-pyrrole nitrogens is 1. The van der Waals surface area contributed by atoms with Crippen LogP contribution in [0.25, 0.3) is 11.3 Å². The van der Waals surface area contributed by atoms with E-state index >= 15 is 0 Å². The Kier molecular flexibility index (Phi) is 1.60. The summed E-state index contributed by atoms with van der Waals surface area (Å²) < 4.78 is 0. The molecule has 1 aliphatic rings. The summed E-state index contributed by atoms with van der Waals surface area (Å²) in [6.07, 6.45) is 0.852. The van der Waals surface area contributed by atoms with Gasteiger partial charge in [-0.25, -0.2) is 0 Å². The third-order valence-electron chi connectivity index (χ3n) is 2.41. The van der Waals surface area contributed by atoms with Crippen molar-refractivity contribution in [3.05, 3.63) is 43.3 Å². The molecule has 0 saturated carbocycles. The molecule has 0 atom stereocenters. The van der Waals surface area contributed by atoms with E-state index in [1.807, 2.05) is 18.2 Å². The van der Waals surface area contributed by atoms with Crippen molar-refractivity contribution in [2.45, 2.75) is 6.42 Å². The summed E-state index contributed by atoms with van der Waals surface area (Å²) in [5.41, 5.74) is 3.27. The number of rotatable bonds is 0. The lowest BCUT2D eigenvalue weighted by Crippen LogP contribution is -1.93. The van der Waals surface area contributed by atoms with Crippen LogP contribution >= 0.6 is 22.9 Å². The molecule has 4 heteroatoms. The van der Waals surface area contributed by atoms with Crippen LogP contribution < -0.4 is 4.87 Å².